The standard InChI is InChI=1S/C13H17F3N2O2/c1-8-3-4-9(13(14,15)16)5-11(8)18-12(19)6-10(7-17)20-2/h3-5,10H,6-7,17H2,1-2H3,(H,18,19). The van der Waals surface area contributed by atoms with E-state index in [0.717, 1.165) is 12.1 Å². The topological polar surface area (TPSA) is 64.3 Å². The fraction of sp³-hybridized carbons (Fsp3) is 0.462. The summed E-state index contributed by atoms with van der Waals surface area (Å²) in [6.45, 7) is 1.78. The Morgan fingerprint density at radius 3 is 2.60 bits per heavy atom. The Labute approximate surface area is 115 Å². The second-order valence-corrected chi connectivity index (χ2v) is 4.37. The van der Waals surface area contributed by atoms with Gasteiger partial charge in [-0.25, -0.2) is 0 Å². The minimum atomic E-state index is -4.44. The van der Waals surface area contributed by atoms with Gasteiger partial charge in [-0.2, -0.15) is 13.2 Å². The lowest BCUT2D eigenvalue weighted by molar-refractivity contribution is -0.137. The number of ether oxygens (including phenoxy) is 1. The third kappa shape index (κ3) is 4.50. The van der Waals surface area contributed by atoms with Gasteiger partial charge in [0.1, 0.15) is 0 Å². The Hall–Kier alpha value is -1.60. The molecule has 0 radical (unpaired) electrons. The van der Waals surface area contributed by atoms with E-state index in [4.69, 9.17) is 10.5 Å². The Bertz CT molecular complexity index is 471. The molecule has 0 aliphatic rings. The normalized spacial score (nSPS) is 13.1. The van der Waals surface area contributed by atoms with Gasteiger partial charge in [-0.3, -0.25) is 4.79 Å². The Balaban J connectivity index is 2.84. The Morgan fingerprint density at radius 1 is 1.45 bits per heavy atom. The molecule has 0 aliphatic heterocycles. The van der Waals surface area contributed by atoms with Crippen LogP contribution < -0.4 is 11.1 Å². The number of hydrogen-bond acceptors (Lipinski definition) is 3. The molecule has 1 atom stereocenters. The molecule has 0 bridgehead atoms. The summed E-state index contributed by atoms with van der Waals surface area (Å²) in [5.74, 6) is -0.440. The SMILES string of the molecule is COC(CN)CC(=O)Nc1cc(C(F)(F)F)ccc1C. The highest BCUT2D eigenvalue weighted by Gasteiger charge is 2.31. The van der Waals surface area contributed by atoms with Crippen molar-refractivity contribution in [3.8, 4) is 0 Å². The molecule has 0 saturated heterocycles. The predicted octanol–water partition coefficient (Wildman–Crippen LogP) is 2.32. The summed E-state index contributed by atoms with van der Waals surface area (Å²) in [7, 11) is 1.42. The first kappa shape index (κ1) is 16.5. The average molecular weight is 290 g/mol. The summed E-state index contributed by atoms with van der Waals surface area (Å²) in [4.78, 5) is 11.7. The second-order valence-electron chi connectivity index (χ2n) is 4.37. The maximum Gasteiger partial charge on any atom is 0.416 e. The zero-order chi connectivity index (χ0) is 15.3. The molecule has 0 fully saturated rings. The number of hydrogen-bond donors (Lipinski definition) is 2. The van der Waals surface area contributed by atoms with Gasteiger partial charge in [0.2, 0.25) is 5.91 Å². The summed E-state index contributed by atoms with van der Waals surface area (Å²) in [6.07, 6.45) is -4.91. The van der Waals surface area contributed by atoms with E-state index < -0.39 is 23.8 Å². The molecule has 7 heteroatoms. The van der Waals surface area contributed by atoms with Gasteiger partial charge in [0, 0.05) is 19.3 Å². The van der Waals surface area contributed by atoms with Crippen LogP contribution in [0.5, 0.6) is 0 Å². The number of benzene rings is 1. The molecule has 1 amide bonds. The molecular weight excluding hydrogens is 273 g/mol. The van der Waals surface area contributed by atoms with Crippen LogP contribution in [0, 0.1) is 6.92 Å². The van der Waals surface area contributed by atoms with Crippen LogP contribution in [0.4, 0.5) is 18.9 Å². The third-order valence-electron chi connectivity index (χ3n) is 2.85. The van der Waals surface area contributed by atoms with Crippen molar-refractivity contribution in [1.29, 1.82) is 0 Å². The summed E-state index contributed by atoms with van der Waals surface area (Å²) in [5.41, 5.74) is 5.26. The number of anilines is 1. The molecule has 1 unspecified atom stereocenters. The number of aryl methyl sites for hydroxylation is 1. The monoisotopic (exact) mass is 290 g/mol. The zero-order valence-electron chi connectivity index (χ0n) is 11.3. The molecule has 20 heavy (non-hydrogen) atoms. The number of nitrogens with one attached hydrogen (secondary N) is 1. The first-order valence-electron chi connectivity index (χ1n) is 5.98. The molecule has 1 aromatic carbocycles. The van der Waals surface area contributed by atoms with Crippen molar-refractivity contribution >= 4 is 11.6 Å². The van der Waals surface area contributed by atoms with Crippen LogP contribution in [0.2, 0.25) is 0 Å². The van der Waals surface area contributed by atoms with Crippen LogP contribution in [0.15, 0.2) is 18.2 Å². The van der Waals surface area contributed by atoms with Crippen molar-refractivity contribution in [3.63, 3.8) is 0 Å². The molecule has 0 aliphatic carbocycles. The fourth-order valence-electron chi connectivity index (χ4n) is 1.60. The number of carbonyl (C=O) groups excluding carboxylic acids is 1. The van der Waals surface area contributed by atoms with E-state index in [1.165, 1.54) is 13.2 Å². The maximum absolute atomic E-state index is 12.6. The molecule has 1 aromatic rings. The van der Waals surface area contributed by atoms with Crippen LogP contribution in [-0.2, 0) is 15.7 Å². The molecule has 4 nitrogen and oxygen atoms in total. The molecule has 1 rings (SSSR count). The summed E-state index contributed by atoms with van der Waals surface area (Å²) < 4.78 is 42.8. The van der Waals surface area contributed by atoms with Crippen LogP contribution in [-0.4, -0.2) is 25.7 Å². The van der Waals surface area contributed by atoms with E-state index in [1.54, 1.807) is 6.92 Å². The number of amides is 1. The first-order chi connectivity index (χ1) is 9.27. The van der Waals surface area contributed by atoms with Crippen molar-refractivity contribution in [2.24, 2.45) is 5.73 Å². The number of carbonyl (C=O) groups is 1. The Kier molecular flexibility index (Phi) is 5.52. The summed E-state index contributed by atoms with van der Waals surface area (Å²) >= 11 is 0. The quantitative estimate of drug-likeness (QED) is 0.874. The predicted molar refractivity (Wildman–Crippen MR) is 69.3 cm³/mol. The van der Waals surface area contributed by atoms with E-state index in [2.05, 4.69) is 5.32 Å². The van der Waals surface area contributed by atoms with E-state index >= 15 is 0 Å². The average Bonchev–Trinajstić information content (AvgIpc) is 2.37. The third-order valence-corrected chi connectivity index (χ3v) is 2.85. The lowest BCUT2D eigenvalue weighted by Gasteiger charge is -2.15. The van der Waals surface area contributed by atoms with Gasteiger partial charge in [0.15, 0.2) is 0 Å². The lowest BCUT2D eigenvalue weighted by atomic mass is 10.1. The molecule has 0 saturated carbocycles. The molecule has 3 N–H and O–H groups in total. The van der Waals surface area contributed by atoms with Crippen molar-refractivity contribution in [2.75, 3.05) is 19.0 Å². The zero-order valence-corrected chi connectivity index (χ0v) is 11.3. The largest absolute Gasteiger partial charge is 0.416 e. The van der Waals surface area contributed by atoms with Gasteiger partial charge in [0.25, 0.3) is 0 Å². The number of alkyl halides is 3. The first-order valence-corrected chi connectivity index (χ1v) is 5.98. The van der Waals surface area contributed by atoms with E-state index in [9.17, 15) is 18.0 Å². The van der Waals surface area contributed by atoms with Gasteiger partial charge in [-0.05, 0) is 24.6 Å². The molecular formula is C13H17F3N2O2. The highest BCUT2D eigenvalue weighted by molar-refractivity contribution is 5.91. The Morgan fingerprint density at radius 2 is 2.10 bits per heavy atom. The van der Waals surface area contributed by atoms with Gasteiger partial charge in [-0.1, -0.05) is 6.07 Å². The van der Waals surface area contributed by atoms with Crippen molar-refractivity contribution in [3.05, 3.63) is 29.3 Å². The molecule has 0 aromatic heterocycles. The van der Waals surface area contributed by atoms with Crippen molar-refractivity contribution in [2.45, 2.75) is 25.6 Å². The number of halogens is 3. The van der Waals surface area contributed by atoms with Gasteiger partial charge in [-0.15, -0.1) is 0 Å². The smallest absolute Gasteiger partial charge is 0.380 e. The van der Waals surface area contributed by atoms with Crippen LogP contribution in [0.3, 0.4) is 0 Å². The summed E-state index contributed by atoms with van der Waals surface area (Å²) in [5, 5.41) is 2.45. The highest BCUT2D eigenvalue weighted by Crippen LogP contribution is 2.32. The molecule has 0 spiro atoms. The number of rotatable bonds is 5. The van der Waals surface area contributed by atoms with Crippen molar-refractivity contribution in [1.82, 2.24) is 0 Å². The summed E-state index contributed by atoms with van der Waals surface area (Å²) in [6, 6.07) is 3.20. The second kappa shape index (κ2) is 6.71. The van der Waals surface area contributed by atoms with E-state index in [-0.39, 0.29) is 18.7 Å². The van der Waals surface area contributed by atoms with Gasteiger partial charge < -0.3 is 15.8 Å². The maximum atomic E-state index is 12.6. The molecule has 112 valence electrons. The lowest BCUT2D eigenvalue weighted by Crippen LogP contribution is -2.28. The van der Waals surface area contributed by atoms with E-state index in [1.807, 2.05) is 0 Å². The number of nitrogens with two attached hydrogens (primary N) is 1. The minimum absolute atomic E-state index is 0.0112. The van der Waals surface area contributed by atoms with Gasteiger partial charge >= 0.3 is 6.18 Å². The van der Waals surface area contributed by atoms with Crippen molar-refractivity contribution < 1.29 is 22.7 Å². The molecule has 0 heterocycles. The van der Waals surface area contributed by atoms with Crippen LogP contribution >= 0.6 is 0 Å². The van der Waals surface area contributed by atoms with Crippen LogP contribution in [0.25, 0.3) is 0 Å². The van der Waals surface area contributed by atoms with E-state index in [0.29, 0.717) is 5.56 Å². The highest BCUT2D eigenvalue weighted by atomic mass is 19.4. The minimum Gasteiger partial charge on any atom is -0.380 e. The van der Waals surface area contributed by atoms with Gasteiger partial charge in [0.05, 0.1) is 18.1 Å². The van der Waals surface area contributed by atoms with Crippen LogP contribution in [0.1, 0.15) is 17.5 Å². The number of methoxy groups -OCH3 is 1. The fourth-order valence-corrected chi connectivity index (χ4v) is 1.60.